The Hall–Kier alpha value is -2.83. The van der Waals surface area contributed by atoms with E-state index in [-0.39, 0.29) is 18.1 Å². The van der Waals surface area contributed by atoms with Gasteiger partial charge in [0, 0.05) is 23.9 Å². The molecule has 2 aromatic rings. The molecule has 6 heteroatoms. The smallest absolute Gasteiger partial charge is 0.309 e. The van der Waals surface area contributed by atoms with E-state index in [4.69, 9.17) is 4.74 Å². The minimum Gasteiger partial charge on any atom is -0.457 e. The molecule has 0 saturated heterocycles. The van der Waals surface area contributed by atoms with Crippen LogP contribution in [0.2, 0.25) is 0 Å². The summed E-state index contributed by atoms with van der Waals surface area (Å²) in [6, 6.07) is 9.64. The van der Waals surface area contributed by atoms with Crippen LogP contribution in [0.4, 0.5) is 0 Å². The van der Waals surface area contributed by atoms with Gasteiger partial charge in [0.2, 0.25) is 0 Å². The summed E-state index contributed by atoms with van der Waals surface area (Å²) in [5.74, 6) is -1.68. The average Bonchev–Trinajstić information content (AvgIpc) is 2.84. The van der Waals surface area contributed by atoms with Gasteiger partial charge in [0.15, 0.2) is 0 Å². The third-order valence-corrected chi connectivity index (χ3v) is 7.15. The number of ether oxygens (including phenoxy) is 1. The molecule has 1 aromatic heterocycles. The second-order valence-electron chi connectivity index (χ2n) is 10.3. The van der Waals surface area contributed by atoms with E-state index in [9.17, 15) is 19.8 Å². The molecule has 3 rings (SSSR count). The van der Waals surface area contributed by atoms with Crippen molar-refractivity contribution in [2.45, 2.75) is 72.2 Å². The molecule has 5 atom stereocenters. The predicted octanol–water partition coefficient (Wildman–Crippen LogP) is 5.09. The Kier molecular flexibility index (Phi) is 8.62. The van der Waals surface area contributed by atoms with Crippen LogP contribution < -0.4 is 0 Å². The van der Waals surface area contributed by atoms with Crippen LogP contribution in [-0.4, -0.2) is 39.2 Å². The number of carbonyl (C=O) groups is 2. The lowest BCUT2D eigenvalue weighted by Gasteiger charge is -2.34. The van der Waals surface area contributed by atoms with Crippen LogP contribution in [0.5, 0.6) is 0 Å². The van der Waals surface area contributed by atoms with E-state index in [1.807, 2.05) is 62.4 Å². The highest BCUT2D eigenvalue weighted by atomic mass is 16.5. The number of Topliss-reactive ketones (excluding diaryl/α,β-unsaturated/α-hetero) is 1. The predicted molar refractivity (Wildman–Crippen MR) is 136 cm³/mol. The summed E-state index contributed by atoms with van der Waals surface area (Å²) in [5, 5.41) is 22.6. The number of aliphatic hydroxyl groups excluding tert-OH is 2. The van der Waals surface area contributed by atoms with E-state index in [1.54, 1.807) is 27.0 Å². The highest BCUT2D eigenvalue weighted by Gasteiger charge is 2.42. The second-order valence-corrected chi connectivity index (χ2v) is 10.3. The molecule has 188 valence electrons. The van der Waals surface area contributed by atoms with Crippen LogP contribution in [0.1, 0.15) is 65.5 Å². The van der Waals surface area contributed by atoms with Crippen molar-refractivity contribution in [1.82, 2.24) is 4.98 Å². The summed E-state index contributed by atoms with van der Waals surface area (Å²) in [4.78, 5) is 30.5. The lowest BCUT2D eigenvalue weighted by Crippen LogP contribution is -2.45. The van der Waals surface area contributed by atoms with E-state index in [2.05, 4.69) is 4.98 Å². The molecule has 0 radical (unpaired) electrons. The van der Waals surface area contributed by atoms with Crippen LogP contribution in [0, 0.1) is 17.3 Å². The number of nitrogens with zero attached hydrogens (tertiary/aromatic N) is 1. The number of carbonyl (C=O) groups excluding carboxylic acids is 2. The number of pyridine rings is 1. The Balaban J connectivity index is 1.95. The molecule has 0 aliphatic carbocycles. The number of hydrogen-bond donors (Lipinski definition) is 2. The molecule has 2 N–H and O–H groups in total. The average molecular weight is 480 g/mol. The number of hydrogen-bond acceptors (Lipinski definition) is 6. The van der Waals surface area contributed by atoms with E-state index in [0.717, 1.165) is 22.0 Å². The topological polar surface area (TPSA) is 96.7 Å². The first-order valence-electron chi connectivity index (χ1n) is 12.3. The van der Waals surface area contributed by atoms with Crippen molar-refractivity contribution in [3.05, 3.63) is 65.9 Å². The molecule has 0 bridgehead atoms. The second kappa shape index (κ2) is 11.3. The quantitative estimate of drug-likeness (QED) is 0.553. The summed E-state index contributed by atoms with van der Waals surface area (Å²) in [6.45, 7) is 8.79. The Morgan fingerprint density at radius 2 is 1.83 bits per heavy atom. The van der Waals surface area contributed by atoms with Gasteiger partial charge in [-0.15, -0.1) is 0 Å². The summed E-state index contributed by atoms with van der Waals surface area (Å²) in [5.41, 5.74) is 1.41. The molecule has 1 aliphatic heterocycles. The number of esters is 1. The normalized spacial score (nSPS) is 31.4. The SMILES string of the molecule is CC1=C/C[C@@H](c2ccc3cccnc3c2)OC(=O)C[C@H](O)C(C)(C)C(=O)[C@H](C)[C@@H](O)[C@@H](C)C\C=C\1. The van der Waals surface area contributed by atoms with Crippen molar-refractivity contribution in [1.29, 1.82) is 0 Å². The van der Waals surface area contributed by atoms with E-state index in [1.165, 1.54) is 0 Å². The fourth-order valence-electron chi connectivity index (χ4n) is 4.52. The molecular weight excluding hydrogens is 442 g/mol. The van der Waals surface area contributed by atoms with Crippen LogP contribution in [0.15, 0.2) is 60.3 Å². The summed E-state index contributed by atoms with van der Waals surface area (Å²) >= 11 is 0. The van der Waals surface area contributed by atoms with Gasteiger partial charge in [-0.25, -0.2) is 0 Å². The maximum atomic E-state index is 13.2. The summed E-state index contributed by atoms with van der Waals surface area (Å²) in [6.07, 6.45) is 5.80. The minimum absolute atomic E-state index is 0.137. The lowest BCUT2D eigenvalue weighted by molar-refractivity contribution is -0.155. The molecule has 35 heavy (non-hydrogen) atoms. The Labute approximate surface area is 207 Å². The zero-order valence-corrected chi connectivity index (χ0v) is 21.3. The van der Waals surface area contributed by atoms with Crippen molar-refractivity contribution in [2.24, 2.45) is 17.3 Å². The van der Waals surface area contributed by atoms with Gasteiger partial charge in [0.25, 0.3) is 0 Å². The number of aliphatic hydroxyl groups is 2. The molecule has 2 heterocycles. The molecule has 0 saturated carbocycles. The van der Waals surface area contributed by atoms with E-state index >= 15 is 0 Å². The van der Waals surface area contributed by atoms with Crippen LogP contribution in [0.25, 0.3) is 10.9 Å². The molecule has 1 aliphatic rings. The van der Waals surface area contributed by atoms with Gasteiger partial charge in [-0.1, -0.05) is 69.7 Å². The van der Waals surface area contributed by atoms with Gasteiger partial charge in [0.1, 0.15) is 11.9 Å². The molecule has 1 aromatic carbocycles. The fraction of sp³-hybridized carbons (Fsp3) is 0.483. The van der Waals surface area contributed by atoms with Gasteiger partial charge >= 0.3 is 5.97 Å². The number of rotatable bonds is 1. The number of benzene rings is 1. The molecule has 0 spiro atoms. The van der Waals surface area contributed by atoms with E-state index in [0.29, 0.717) is 12.8 Å². The maximum Gasteiger partial charge on any atom is 0.309 e. The van der Waals surface area contributed by atoms with Crippen LogP contribution in [-0.2, 0) is 14.3 Å². The third kappa shape index (κ3) is 6.44. The first-order valence-corrected chi connectivity index (χ1v) is 12.3. The summed E-state index contributed by atoms with van der Waals surface area (Å²) in [7, 11) is 0. The van der Waals surface area contributed by atoms with E-state index < -0.39 is 35.6 Å². The number of aromatic nitrogens is 1. The fourth-order valence-corrected chi connectivity index (χ4v) is 4.52. The largest absolute Gasteiger partial charge is 0.457 e. The number of cyclic esters (lactones) is 1. The standard InChI is InChI=1S/C29H37NO5/c1-18-8-6-9-19(2)27(33)20(3)28(34)29(4,5)25(31)17-26(32)35-24(14-11-18)22-13-12-21-10-7-15-30-23(21)16-22/h6-8,10-13,15-16,19-20,24-25,27,31,33H,9,14,17H2,1-5H3/b8-6+,18-11-/t19-,20+,24-,25-,27-/m0/s1. The Bertz CT molecular complexity index is 1120. The first-order chi connectivity index (χ1) is 16.5. The highest BCUT2D eigenvalue weighted by molar-refractivity contribution is 5.88. The van der Waals surface area contributed by atoms with Crippen molar-refractivity contribution in [3.63, 3.8) is 0 Å². The zero-order chi connectivity index (χ0) is 25.8. The number of ketones is 1. The molecule has 0 unspecified atom stereocenters. The van der Waals surface area contributed by atoms with Crippen molar-refractivity contribution >= 4 is 22.7 Å². The monoisotopic (exact) mass is 479 g/mol. The van der Waals surface area contributed by atoms with Crippen molar-refractivity contribution in [3.8, 4) is 0 Å². The molecule has 0 fully saturated rings. The molecule has 6 nitrogen and oxygen atoms in total. The third-order valence-electron chi connectivity index (χ3n) is 7.15. The van der Waals surface area contributed by atoms with Gasteiger partial charge in [0.05, 0.1) is 29.6 Å². The Morgan fingerprint density at radius 1 is 1.09 bits per heavy atom. The van der Waals surface area contributed by atoms with Crippen LogP contribution in [0.3, 0.4) is 0 Å². The summed E-state index contributed by atoms with van der Waals surface area (Å²) < 4.78 is 5.84. The first kappa shape index (κ1) is 26.8. The molecule has 0 amide bonds. The van der Waals surface area contributed by atoms with Gasteiger partial charge in [-0.3, -0.25) is 14.6 Å². The maximum absolute atomic E-state index is 13.2. The molecular formula is C29H37NO5. The van der Waals surface area contributed by atoms with Gasteiger partial charge in [-0.05, 0) is 37.0 Å². The van der Waals surface area contributed by atoms with Crippen molar-refractivity contribution < 1.29 is 24.5 Å². The zero-order valence-electron chi connectivity index (χ0n) is 21.3. The van der Waals surface area contributed by atoms with Crippen LogP contribution >= 0.6 is 0 Å². The Morgan fingerprint density at radius 3 is 2.57 bits per heavy atom. The lowest BCUT2D eigenvalue weighted by atomic mass is 9.73. The van der Waals surface area contributed by atoms with Gasteiger partial charge < -0.3 is 14.9 Å². The number of allylic oxidation sites excluding steroid dienone is 3. The highest BCUT2D eigenvalue weighted by Crippen LogP contribution is 2.33. The number of fused-ring (bicyclic) bond motifs is 1. The van der Waals surface area contributed by atoms with Gasteiger partial charge in [-0.2, -0.15) is 0 Å². The minimum atomic E-state index is -1.24. The van der Waals surface area contributed by atoms with Crippen molar-refractivity contribution in [2.75, 3.05) is 0 Å².